The van der Waals surface area contributed by atoms with Crippen molar-refractivity contribution < 1.29 is 22.1 Å². The zero-order chi connectivity index (χ0) is 23.8. The van der Waals surface area contributed by atoms with Crippen LogP contribution in [0.3, 0.4) is 0 Å². The number of carbonyl (C=O) groups excluding carboxylic acids is 1. The third kappa shape index (κ3) is 5.16. The van der Waals surface area contributed by atoms with Gasteiger partial charge in [-0.05, 0) is 49.3 Å². The van der Waals surface area contributed by atoms with Crippen molar-refractivity contribution in [3.8, 4) is 22.8 Å². The molecule has 184 valence electrons. The first kappa shape index (κ1) is 25.9. The smallest absolute Gasteiger partial charge is 0.306 e. The maximum atomic E-state index is 12.7. The zero-order valence-electron chi connectivity index (χ0n) is 19.7. The number of ether oxygens (including phenoxy) is 1. The molecule has 34 heavy (non-hydrogen) atoms. The fraction of sp³-hybridized carbons (Fsp3) is 0.375. The van der Waals surface area contributed by atoms with E-state index in [0.717, 1.165) is 48.9 Å². The highest BCUT2D eigenvalue weighted by Gasteiger charge is 2.31. The summed E-state index contributed by atoms with van der Waals surface area (Å²) in [4.78, 5) is 18.5. The Hall–Kier alpha value is -2.75. The highest BCUT2D eigenvalue weighted by Crippen LogP contribution is 2.43. The summed E-state index contributed by atoms with van der Waals surface area (Å²) in [5.41, 5.74) is 4.42. The van der Waals surface area contributed by atoms with Crippen LogP contribution >= 0.6 is 12.4 Å². The van der Waals surface area contributed by atoms with Gasteiger partial charge in [-0.25, -0.2) is 0 Å². The fourth-order valence-corrected chi connectivity index (χ4v) is 4.82. The Morgan fingerprint density at radius 2 is 1.91 bits per heavy atom. The average molecular weight is 508 g/mol. The lowest BCUT2D eigenvalue weighted by Gasteiger charge is -2.19. The van der Waals surface area contributed by atoms with E-state index in [1.165, 1.54) is 12.7 Å². The molecule has 3 aromatic rings. The van der Waals surface area contributed by atoms with Crippen LogP contribution in [0, 0.1) is 0 Å². The number of aromatic amines is 1. The summed E-state index contributed by atoms with van der Waals surface area (Å²) < 4.78 is 34.2. The van der Waals surface area contributed by atoms with E-state index in [0.29, 0.717) is 16.7 Å². The van der Waals surface area contributed by atoms with Gasteiger partial charge in [0, 0.05) is 40.8 Å². The molecule has 1 aliphatic rings. The second-order valence-corrected chi connectivity index (χ2v) is 9.83. The van der Waals surface area contributed by atoms with Crippen LogP contribution in [0.15, 0.2) is 30.3 Å². The van der Waals surface area contributed by atoms with Crippen molar-refractivity contribution in [3.63, 3.8) is 0 Å². The molecule has 0 radical (unpaired) electrons. The van der Waals surface area contributed by atoms with E-state index in [4.69, 9.17) is 8.92 Å². The van der Waals surface area contributed by atoms with Gasteiger partial charge < -0.3 is 19.2 Å². The minimum Gasteiger partial charge on any atom is -0.493 e. The lowest BCUT2D eigenvalue weighted by molar-refractivity contribution is 0.0966. The van der Waals surface area contributed by atoms with Crippen LogP contribution in [0.25, 0.3) is 22.2 Å². The van der Waals surface area contributed by atoms with Crippen LogP contribution in [-0.4, -0.2) is 50.7 Å². The normalized spacial score (nSPS) is 13.0. The topological polar surface area (TPSA) is 101 Å². The molecule has 4 rings (SSSR count). The average Bonchev–Trinajstić information content (AvgIpc) is 3.36. The van der Waals surface area contributed by atoms with Crippen LogP contribution in [0.1, 0.15) is 41.8 Å². The van der Waals surface area contributed by atoms with Crippen LogP contribution in [0.5, 0.6) is 11.5 Å². The van der Waals surface area contributed by atoms with E-state index in [9.17, 15) is 13.2 Å². The van der Waals surface area contributed by atoms with Gasteiger partial charge >= 0.3 is 10.1 Å². The molecule has 0 unspecified atom stereocenters. The summed E-state index contributed by atoms with van der Waals surface area (Å²) in [5, 5.41) is 3.81. The largest absolute Gasteiger partial charge is 0.493 e. The zero-order valence-corrected chi connectivity index (χ0v) is 21.4. The standard InChI is InChI=1S/C24H29N3O5S.ClH/c1-5-9-27(6-2)14-15-7-8-19-16(10-15)11-20(26-19)17-12-21(31-3)23(32-33(4,29)30)18-13-25-24(28)22(17)18;/h7-8,10-12,26H,5-6,9,13-14H2,1-4H3,(H,25,28);1H. The fourth-order valence-electron chi connectivity index (χ4n) is 4.33. The van der Waals surface area contributed by atoms with Gasteiger partial charge in [0.1, 0.15) is 0 Å². The van der Waals surface area contributed by atoms with Crippen molar-refractivity contribution >= 4 is 39.3 Å². The molecular formula is C24H30ClN3O5S. The Balaban J connectivity index is 0.00000324. The second-order valence-electron chi connectivity index (χ2n) is 8.25. The van der Waals surface area contributed by atoms with E-state index >= 15 is 0 Å². The predicted octanol–water partition coefficient (Wildman–Crippen LogP) is 4.08. The van der Waals surface area contributed by atoms with Gasteiger partial charge in [0.15, 0.2) is 11.5 Å². The SMILES string of the molecule is CCCN(CC)Cc1ccc2[nH]c(-c3cc(OC)c(OS(C)(=O)=O)c4c3C(=O)NC4)cc2c1.Cl. The van der Waals surface area contributed by atoms with Crippen LogP contribution < -0.4 is 14.2 Å². The van der Waals surface area contributed by atoms with E-state index in [-0.39, 0.29) is 36.4 Å². The minimum absolute atomic E-state index is 0. The van der Waals surface area contributed by atoms with Crippen LogP contribution in [0.2, 0.25) is 0 Å². The van der Waals surface area contributed by atoms with E-state index in [2.05, 4.69) is 41.2 Å². The Labute approximate surface area is 206 Å². The summed E-state index contributed by atoms with van der Waals surface area (Å²) in [5.74, 6) is 0.0211. The van der Waals surface area contributed by atoms with Crippen LogP contribution in [-0.2, 0) is 23.2 Å². The molecule has 0 atom stereocenters. The second kappa shape index (κ2) is 10.2. The molecule has 0 saturated carbocycles. The highest BCUT2D eigenvalue weighted by atomic mass is 35.5. The number of halogens is 1. The number of hydrogen-bond donors (Lipinski definition) is 2. The molecule has 2 N–H and O–H groups in total. The molecule has 0 fully saturated rings. The minimum atomic E-state index is -3.80. The number of rotatable bonds is 9. The van der Waals surface area contributed by atoms with Gasteiger partial charge in [-0.1, -0.05) is 19.9 Å². The number of aromatic nitrogens is 1. The highest BCUT2D eigenvalue weighted by molar-refractivity contribution is 7.86. The molecule has 0 saturated heterocycles. The van der Waals surface area contributed by atoms with Crippen molar-refractivity contribution in [1.29, 1.82) is 0 Å². The lowest BCUT2D eigenvalue weighted by atomic mass is 9.98. The van der Waals surface area contributed by atoms with Gasteiger partial charge in [-0.15, -0.1) is 12.4 Å². The van der Waals surface area contributed by atoms with Crippen molar-refractivity contribution in [3.05, 3.63) is 47.0 Å². The van der Waals surface area contributed by atoms with Gasteiger partial charge in [0.25, 0.3) is 5.91 Å². The summed E-state index contributed by atoms with van der Waals surface area (Å²) in [7, 11) is -2.36. The Morgan fingerprint density at radius 3 is 2.56 bits per heavy atom. The van der Waals surface area contributed by atoms with Gasteiger partial charge in [-0.2, -0.15) is 8.42 Å². The Morgan fingerprint density at radius 1 is 1.15 bits per heavy atom. The predicted molar refractivity (Wildman–Crippen MR) is 135 cm³/mol. The van der Waals surface area contributed by atoms with Gasteiger partial charge in [0.05, 0.1) is 18.9 Å². The molecular weight excluding hydrogens is 478 g/mol. The van der Waals surface area contributed by atoms with Crippen molar-refractivity contribution in [2.24, 2.45) is 0 Å². The molecule has 1 aliphatic heterocycles. The molecule has 2 aromatic carbocycles. The molecule has 1 amide bonds. The third-order valence-electron chi connectivity index (χ3n) is 5.82. The summed E-state index contributed by atoms with van der Waals surface area (Å²) in [6, 6.07) is 9.98. The number of amides is 1. The molecule has 0 spiro atoms. The van der Waals surface area contributed by atoms with E-state index in [1.54, 1.807) is 6.07 Å². The first-order valence-corrected chi connectivity index (χ1v) is 12.8. The third-order valence-corrected chi connectivity index (χ3v) is 6.29. The van der Waals surface area contributed by atoms with Crippen LogP contribution in [0.4, 0.5) is 0 Å². The summed E-state index contributed by atoms with van der Waals surface area (Å²) in [6.07, 6.45) is 2.07. The summed E-state index contributed by atoms with van der Waals surface area (Å²) >= 11 is 0. The van der Waals surface area contributed by atoms with Crippen molar-refractivity contribution in [2.75, 3.05) is 26.5 Å². The maximum Gasteiger partial charge on any atom is 0.306 e. The van der Waals surface area contributed by atoms with E-state index < -0.39 is 10.1 Å². The maximum absolute atomic E-state index is 12.7. The summed E-state index contributed by atoms with van der Waals surface area (Å²) in [6.45, 7) is 7.43. The van der Waals surface area contributed by atoms with Gasteiger partial charge in [0.2, 0.25) is 0 Å². The lowest BCUT2D eigenvalue weighted by Crippen LogP contribution is -2.23. The molecule has 0 aliphatic carbocycles. The number of nitrogens with one attached hydrogen (secondary N) is 2. The molecule has 8 nitrogen and oxygen atoms in total. The van der Waals surface area contributed by atoms with Crippen molar-refractivity contribution in [1.82, 2.24) is 15.2 Å². The first-order valence-electron chi connectivity index (χ1n) is 11.0. The quantitative estimate of drug-likeness (QED) is 0.423. The molecule has 1 aromatic heterocycles. The number of fused-ring (bicyclic) bond motifs is 2. The number of carbonyl (C=O) groups is 1. The molecule has 2 heterocycles. The Bertz CT molecular complexity index is 1320. The Kier molecular flexibility index (Phi) is 7.80. The number of hydrogen-bond acceptors (Lipinski definition) is 6. The molecule has 0 bridgehead atoms. The molecule has 10 heteroatoms. The number of nitrogens with zero attached hydrogens (tertiary/aromatic N) is 1. The first-order chi connectivity index (χ1) is 15.7. The monoisotopic (exact) mass is 507 g/mol. The number of methoxy groups -OCH3 is 1. The number of benzene rings is 2. The van der Waals surface area contributed by atoms with E-state index in [1.807, 2.05) is 12.1 Å². The van der Waals surface area contributed by atoms with Crippen molar-refractivity contribution in [2.45, 2.75) is 33.4 Å². The van der Waals surface area contributed by atoms with Gasteiger partial charge in [-0.3, -0.25) is 9.69 Å². The number of H-pyrrole nitrogens is 1.